The van der Waals surface area contributed by atoms with Gasteiger partial charge in [-0.15, -0.1) is 22.9 Å². The van der Waals surface area contributed by atoms with Crippen LogP contribution in [0.3, 0.4) is 0 Å². The first-order valence-corrected chi connectivity index (χ1v) is 6.27. The second-order valence-electron chi connectivity index (χ2n) is 3.26. The molecule has 1 atom stereocenters. The summed E-state index contributed by atoms with van der Waals surface area (Å²) in [5.74, 6) is 1.48. The summed E-state index contributed by atoms with van der Waals surface area (Å²) < 4.78 is 1.10. The standard InChI is InChI=1S/C10H12ClN3S/c1-2-7(5-11)14-10-9-8(3-4-15-9)12-6-13-10/h3-4,6-7H,2,5H2,1H3,(H,12,13,14). The van der Waals surface area contributed by atoms with E-state index in [-0.39, 0.29) is 6.04 Å². The van der Waals surface area contributed by atoms with Gasteiger partial charge in [0, 0.05) is 11.9 Å². The number of nitrogens with zero attached hydrogens (tertiary/aromatic N) is 2. The molecule has 0 saturated heterocycles. The van der Waals surface area contributed by atoms with Gasteiger partial charge in [-0.25, -0.2) is 9.97 Å². The second kappa shape index (κ2) is 4.77. The molecule has 0 amide bonds. The minimum absolute atomic E-state index is 0.270. The van der Waals surface area contributed by atoms with Crippen LogP contribution in [-0.2, 0) is 0 Å². The zero-order valence-electron chi connectivity index (χ0n) is 8.40. The SMILES string of the molecule is CCC(CCl)Nc1ncnc2ccsc12. The van der Waals surface area contributed by atoms with Gasteiger partial charge >= 0.3 is 0 Å². The van der Waals surface area contributed by atoms with Crippen LogP contribution in [0.4, 0.5) is 5.82 Å². The van der Waals surface area contributed by atoms with Crippen molar-refractivity contribution >= 4 is 39.0 Å². The lowest BCUT2D eigenvalue weighted by Gasteiger charge is -2.14. The van der Waals surface area contributed by atoms with E-state index in [9.17, 15) is 0 Å². The first kappa shape index (κ1) is 10.6. The first-order chi connectivity index (χ1) is 7.35. The molecule has 0 spiro atoms. The second-order valence-corrected chi connectivity index (χ2v) is 4.49. The molecule has 2 aromatic heterocycles. The number of fused-ring (bicyclic) bond motifs is 1. The van der Waals surface area contributed by atoms with Crippen LogP contribution in [0.2, 0.25) is 0 Å². The predicted molar refractivity (Wildman–Crippen MR) is 65.8 cm³/mol. The Balaban J connectivity index is 2.30. The van der Waals surface area contributed by atoms with E-state index in [2.05, 4.69) is 22.2 Å². The summed E-state index contributed by atoms with van der Waals surface area (Å²) in [6, 6.07) is 2.26. The van der Waals surface area contributed by atoms with E-state index < -0.39 is 0 Å². The van der Waals surface area contributed by atoms with Gasteiger partial charge in [0.25, 0.3) is 0 Å². The quantitative estimate of drug-likeness (QED) is 0.836. The number of aromatic nitrogens is 2. The molecule has 0 aliphatic carbocycles. The van der Waals surface area contributed by atoms with Crippen LogP contribution < -0.4 is 5.32 Å². The third-order valence-corrected chi connectivity index (χ3v) is 3.55. The molecule has 5 heteroatoms. The van der Waals surface area contributed by atoms with Crippen LogP contribution in [0, 0.1) is 0 Å². The van der Waals surface area contributed by atoms with Crippen molar-refractivity contribution in [2.45, 2.75) is 19.4 Å². The molecule has 80 valence electrons. The number of rotatable bonds is 4. The Morgan fingerprint density at radius 2 is 2.40 bits per heavy atom. The van der Waals surface area contributed by atoms with E-state index >= 15 is 0 Å². The van der Waals surface area contributed by atoms with Crippen molar-refractivity contribution in [3.8, 4) is 0 Å². The maximum Gasteiger partial charge on any atom is 0.147 e. The molecule has 0 aromatic carbocycles. The van der Waals surface area contributed by atoms with Gasteiger partial charge in [0.1, 0.15) is 12.1 Å². The van der Waals surface area contributed by atoms with Crippen molar-refractivity contribution in [1.82, 2.24) is 9.97 Å². The van der Waals surface area contributed by atoms with Gasteiger partial charge in [-0.05, 0) is 17.9 Å². The van der Waals surface area contributed by atoms with Gasteiger partial charge in [-0.1, -0.05) is 6.92 Å². The molecular formula is C10H12ClN3S. The molecule has 15 heavy (non-hydrogen) atoms. The van der Waals surface area contributed by atoms with E-state index in [0.29, 0.717) is 5.88 Å². The highest BCUT2D eigenvalue weighted by Gasteiger charge is 2.09. The van der Waals surface area contributed by atoms with Gasteiger partial charge < -0.3 is 5.32 Å². The Labute approximate surface area is 97.5 Å². The van der Waals surface area contributed by atoms with E-state index in [1.54, 1.807) is 17.7 Å². The number of hydrogen-bond donors (Lipinski definition) is 1. The molecule has 0 aliphatic heterocycles. The fourth-order valence-electron chi connectivity index (χ4n) is 1.33. The summed E-state index contributed by atoms with van der Waals surface area (Å²) in [5, 5.41) is 5.35. The van der Waals surface area contributed by atoms with E-state index in [0.717, 1.165) is 22.5 Å². The predicted octanol–water partition coefficient (Wildman–Crippen LogP) is 3.12. The number of halogens is 1. The minimum Gasteiger partial charge on any atom is -0.365 e. The van der Waals surface area contributed by atoms with Crippen molar-refractivity contribution in [3.63, 3.8) is 0 Å². The highest BCUT2D eigenvalue weighted by molar-refractivity contribution is 7.17. The van der Waals surface area contributed by atoms with E-state index in [1.165, 1.54) is 0 Å². The van der Waals surface area contributed by atoms with Crippen LogP contribution in [-0.4, -0.2) is 21.9 Å². The van der Waals surface area contributed by atoms with Gasteiger partial charge in [0.2, 0.25) is 0 Å². The lowest BCUT2D eigenvalue weighted by Crippen LogP contribution is -2.20. The Hall–Kier alpha value is -0.870. The van der Waals surface area contributed by atoms with E-state index in [1.807, 2.05) is 11.4 Å². The van der Waals surface area contributed by atoms with Gasteiger partial charge in [0.05, 0.1) is 10.2 Å². The number of anilines is 1. The lowest BCUT2D eigenvalue weighted by atomic mass is 10.2. The maximum atomic E-state index is 5.84. The number of alkyl halides is 1. The summed E-state index contributed by atoms with van der Waals surface area (Å²) in [7, 11) is 0. The smallest absolute Gasteiger partial charge is 0.147 e. The van der Waals surface area contributed by atoms with Crippen molar-refractivity contribution in [2.24, 2.45) is 0 Å². The van der Waals surface area contributed by atoms with Crippen LogP contribution in [0.1, 0.15) is 13.3 Å². The molecule has 3 nitrogen and oxygen atoms in total. The average molecular weight is 242 g/mol. The summed E-state index contributed by atoms with van der Waals surface area (Å²) >= 11 is 7.49. The third-order valence-electron chi connectivity index (χ3n) is 2.26. The lowest BCUT2D eigenvalue weighted by molar-refractivity contribution is 0.767. The average Bonchev–Trinajstić information content (AvgIpc) is 2.74. The summed E-state index contributed by atoms with van der Waals surface area (Å²) in [5.41, 5.74) is 0.988. The van der Waals surface area contributed by atoms with Gasteiger partial charge in [-0.2, -0.15) is 0 Å². The molecule has 0 fully saturated rings. The normalized spacial score (nSPS) is 12.9. The fourth-order valence-corrected chi connectivity index (χ4v) is 2.43. The van der Waals surface area contributed by atoms with Crippen molar-refractivity contribution < 1.29 is 0 Å². The molecule has 0 radical (unpaired) electrons. The molecule has 0 saturated carbocycles. The highest BCUT2D eigenvalue weighted by atomic mass is 35.5. The summed E-state index contributed by atoms with van der Waals surface area (Å²) in [6.45, 7) is 2.10. The number of thiophene rings is 1. The molecule has 2 rings (SSSR count). The Morgan fingerprint density at radius 3 is 3.13 bits per heavy atom. The summed E-state index contributed by atoms with van der Waals surface area (Å²) in [4.78, 5) is 8.43. The van der Waals surface area contributed by atoms with Crippen molar-refractivity contribution in [3.05, 3.63) is 17.8 Å². The zero-order valence-corrected chi connectivity index (χ0v) is 9.98. The van der Waals surface area contributed by atoms with Crippen LogP contribution >= 0.6 is 22.9 Å². The first-order valence-electron chi connectivity index (χ1n) is 4.85. The molecule has 2 heterocycles. The number of hydrogen-bond acceptors (Lipinski definition) is 4. The fraction of sp³-hybridized carbons (Fsp3) is 0.400. The van der Waals surface area contributed by atoms with Gasteiger partial charge in [0.15, 0.2) is 0 Å². The van der Waals surface area contributed by atoms with Crippen molar-refractivity contribution in [1.29, 1.82) is 0 Å². The minimum atomic E-state index is 0.270. The monoisotopic (exact) mass is 241 g/mol. The maximum absolute atomic E-state index is 5.84. The zero-order chi connectivity index (χ0) is 10.7. The topological polar surface area (TPSA) is 37.8 Å². The molecule has 0 aliphatic rings. The van der Waals surface area contributed by atoms with Crippen LogP contribution in [0.15, 0.2) is 17.8 Å². The molecule has 1 unspecified atom stereocenters. The van der Waals surface area contributed by atoms with Crippen LogP contribution in [0.25, 0.3) is 10.2 Å². The molecule has 1 N–H and O–H groups in total. The largest absolute Gasteiger partial charge is 0.365 e. The number of nitrogens with one attached hydrogen (secondary N) is 1. The van der Waals surface area contributed by atoms with Gasteiger partial charge in [-0.3, -0.25) is 0 Å². The Morgan fingerprint density at radius 1 is 1.53 bits per heavy atom. The van der Waals surface area contributed by atoms with E-state index in [4.69, 9.17) is 11.6 Å². The molecule has 0 bridgehead atoms. The highest BCUT2D eigenvalue weighted by Crippen LogP contribution is 2.25. The molecule has 2 aromatic rings. The Kier molecular flexibility index (Phi) is 3.38. The molecular weight excluding hydrogens is 230 g/mol. The third kappa shape index (κ3) is 2.21. The van der Waals surface area contributed by atoms with Crippen LogP contribution in [0.5, 0.6) is 0 Å². The van der Waals surface area contributed by atoms with Crippen molar-refractivity contribution in [2.75, 3.05) is 11.2 Å². The Bertz CT molecular complexity index is 439. The summed E-state index contributed by atoms with van der Waals surface area (Å²) in [6.07, 6.45) is 2.57.